The van der Waals surface area contributed by atoms with Crippen LogP contribution in [-0.4, -0.2) is 51.9 Å². The molecule has 1 aliphatic heterocycles. The number of anilines is 1. The van der Waals surface area contributed by atoms with Gasteiger partial charge >= 0.3 is 5.97 Å². The number of sulfonamides is 2. The Kier molecular flexibility index (Phi) is 7.35. The molecule has 0 spiro atoms. The molecule has 2 aromatic rings. The summed E-state index contributed by atoms with van der Waals surface area (Å²) in [6, 6.07) is 6.57. The Labute approximate surface area is 194 Å². The summed E-state index contributed by atoms with van der Waals surface area (Å²) in [6.45, 7) is 5.97. The normalized spacial score (nSPS) is 15.2. The number of ether oxygens (including phenoxy) is 1. The summed E-state index contributed by atoms with van der Waals surface area (Å²) < 4.78 is 62.1. The predicted molar refractivity (Wildman–Crippen MR) is 124 cm³/mol. The van der Waals surface area contributed by atoms with Crippen molar-refractivity contribution in [3.05, 3.63) is 47.0 Å². The van der Waals surface area contributed by atoms with Crippen molar-refractivity contribution in [2.24, 2.45) is 0 Å². The fourth-order valence-electron chi connectivity index (χ4n) is 3.73. The molecule has 1 saturated heterocycles. The zero-order valence-corrected chi connectivity index (χ0v) is 20.4. The quantitative estimate of drug-likeness (QED) is 0.573. The second-order valence-corrected chi connectivity index (χ2v) is 11.4. The number of carboxylic acid groups (broad SMARTS) is 1. The summed E-state index contributed by atoms with van der Waals surface area (Å²) in [5.74, 6) is -1.10. The molecule has 0 aromatic heterocycles. The third kappa shape index (κ3) is 5.31. The zero-order valence-electron chi connectivity index (χ0n) is 18.8. The Morgan fingerprint density at radius 1 is 1.03 bits per heavy atom. The van der Waals surface area contributed by atoms with Crippen LogP contribution in [0.15, 0.2) is 40.1 Å². The van der Waals surface area contributed by atoms with E-state index in [9.17, 15) is 26.7 Å². The SMILES string of the molecule is CCOc1ccc(NS(=O)(=O)c2cc(C(=O)O)cc(C)c2C)cc1S(=O)(=O)N1CCCCC1. The van der Waals surface area contributed by atoms with E-state index in [2.05, 4.69) is 4.72 Å². The van der Waals surface area contributed by atoms with Gasteiger partial charge in [0.2, 0.25) is 10.0 Å². The number of rotatable bonds is 8. The van der Waals surface area contributed by atoms with Crippen molar-refractivity contribution in [3.63, 3.8) is 0 Å². The first-order chi connectivity index (χ1) is 15.5. The second-order valence-electron chi connectivity index (χ2n) is 7.89. The van der Waals surface area contributed by atoms with Gasteiger partial charge in [-0.3, -0.25) is 4.72 Å². The summed E-state index contributed by atoms with van der Waals surface area (Å²) in [6.07, 6.45) is 2.47. The molecule has 2 aromatic carbocycles. The molecule has 180 valence electrons. The molecule has 0 radical (unpaired) electrons. The molecule has 1 fully saturated rings. The first kappa shape index (κ1) is 25.0. The molecule has 0 amide bonds. The van der Waals surface area contributed by atoms with Gasteiger partial charge in [0.15, 0.2) is 0 Å². The van der Waals surface area contributed by atoms with Gasteiger partial charge in [-0.15, -0.1) is 0 Å². The predicted octanol–water partition coefficient (Wildman–Crippen LogP) is 3.38. The van der Waals surface area contributed by atoms with Crippen LogP contribution in [0, 0.1) is 13.8 Å². The summed E-state index contributed by atoms with van der Waals surface area (Å²) in [5.41, 5.74) is 0.792. The number of hydrogen-bond acceptors (Lipinski definition) is 6. The van der Waals surface area contributed by atoms with E-state index >= 15 is 0 Å². The highest BCUT2D eigenvalue weighted by Gasteiger charge is 2.30. The van der Waals surface area contributed by atoms with Crippen molar-refractivity contribution in [3.8, 4) is 5.75 Å². The van der Waals surface area contributed by atoms with E-state index in [1.165, 1.54) is 28.6 Å². The van der Waals surface area contributed by atoms with Crippen molar-refractivity contribution in [2.45, 2.75) is 49.8 Å². The van der Waals surface area contributed by atoms with Gasteiger partial charge in [0.25, 0.3) is 10.0 Å². The van der Waals surface area contributed by atoms with E-state index in [1.807, 2.05) is 0 Å². The second kappa shape index (κ2) is 9.70. The molecule has 11 heteroatoms. The van der Waals surface area contributed by atoms with Crippen LogP contribution in [0.25, 0.3) is 0 Å². The average molecular weight is 497 g/mol. The Bertz CT molecular complexity index is 1270. The van der Waals surface area contributed by atoms with E-state index in [0.29, 0.717) is 24.2 Å². The zero-order chi connectivity index (χ0) is 24.4. The monoisotopic (exact) mass is 496 g/mol. The number of carbonyl (C=O) groups is 1. The van der Waals surface area contributed by atoms with E-state index in [0.717, 1.165) is 25.3 Å². The number of nitrogens with one attached hydrogen (secondary N) is 1. The Hall–Kier alpha value is -2.63. The van der Waals surface area contributed by atoms with E-state index in [-0.39, 0.29) is 33.4 Å². The molecule has 0 aliphatic carbocycles. The highest BCUT2D eigenvalue weighted by molar-refractivity contribution is 7.92. The summed E-state index contributed by atoms with van der Waals surface area (Å²) in [4.78, 5) is 11.1. The van der Waals surface area contributed by atoms with Gasteiger partial charge in [-0.2, -0.15) is 4.31 Å². The van der Waals surface area contributed by atoms with E-state index in [1.54, 1.807) is 20.8 Å². The fourth-order valence-corrected chi connectivity index (χ4v) is 6.80. The number of nitrogens with zero attached hydrogens (tertiary/aromatic N) is 1. The average Bonchev–Trinajstić information content (AvgIpc) is 2.76. The van der Waals surface area contributed by atoms with Crippen molar-refractivity contribution < 1.29 is 31.5 Å². The molecule has 0 atom stereocenters. The smallest absolute Gasteiger partial charge is 0.335 e. The number of piperidine rings is 1. The lowest BCUT2D eigenvalue weighted by Crippen LogP contribution is -2.35. The van der Waals surface area contributed by atoms with Crippen LogP contribution in [-0.2, 0) is 20.0 Å². The highest BCUT2D eigenvalue weighted by atomic mass is 32.2. The van der Waals surface area contributed by atoms with Gasteiger partial charge < -0.3 is 9.84 Å². The van der Waals surface area contributed by atoms with Crippen LogP contribution in [0.3, 0.4) is 0 Å². The lowest BCUT2D eigenvalue weighted by Gasteiger charge is -2.27. The maximum absolute atomic E-state index is 13.3. The molecule has 2 N–H and O–H groups in total. The number of carboxylic acids is 1. The molecule has 1 heterocycles. The number of hydrogen-bond donors (Lipinski definition) is 2. The van der Waals surface area contributed by atoms with E-state index < -0.39 is 26.0 Å². The van der Waals surface area contributed by atoms with Gasteiger partial charge in [-0.05, 0) is 75.1 Å². The lowest BCUT2D eigenvalue weighted by molar-refractivity contribution is 0.0696. The molecular weight excluding hydrogens is 468 g/mol. The van der Waals surface area contributed by atoms with E-state index in [4.69, 9.17) is 4.74 Å². The van der Waals surface area contributed by atoms with Crippen molar-refractivity contribution in [2.75, 3.05) is 24.4 Å². The van der Waals surface area contributed by atoms with Crippen LogP contribution in [0.2, 0.25) is 0 Å². The van der Waals surface area contributed by atoms with Gasteiger partial charge in [-0.25, -0.2) is 21.6 Å². The Morgan fingerprint density at radius 3 is 2.30 bits per heavy atom. The summed E-state index contributed by atoms with van der Waals surface area (Å²) in [5, 5.41) is 9.31. The minimum atomic E-state index is -4.20. The van der Waals surface area contributed by atoms with Gasteiger partial charge in [0, 0.05) is 13.1 Å². The fraction of sp³-hybridized carbons (Fsp3) is 0.409. The molecule has 0 unspecified atom stereocenters. The molecule has 0 saturated carbocycles. The van der Waals surface area contributed by atoms with Crippen LogP contribution in [0.4, 0.5) is 5.69 Å². The first-order valence-corrected chi connectivity index (χ1v) is 13.5. The molecule has 9 nitrogen and oxygen atoms in total. The van der Waals surface area contributed by atoms with Gasteiger partial charge in [-0.1, -0.05) is 6.42 Å². The molecular formula is C22H28N2O7S2. The summed E-state index contributed by atoms with van der Waals surface area (Å²) >= 11 is 0. The molecule has 33 heavy (non-hydrogen) atoms. The largest absolute Gasteiger partial charge is 0.492 e. The topological polar surface area (TPSA) is 130 Å². The maximum Gasteiger partial charge on any atom is 0.335 e. The number of benzene rings is 2. The van der Waals surface area contributed by atoms with Crippen molar-refractivity contribution in [1.82, 2.24) is 4.31 Å². The molecule has 3 rings (SSSR count). The van der Waals surface area contributed by atoms with Crippen LogP contribution >= 0.6 is 0 Å². The maximum atomic E-state index is 13.3. The van der Waals surface area contributed by atoms with Crippen molar-refractivity contribution in [1.29, 1.82) is 0 Å². The highest BCUT2D eigenvalue weighted by Crippen LogP contribution is 2.32. The lowest BCUT2D eigenvalue weighted by atomic mass is 10.1. The van der Waals surface area contributed by atoms with Gasteiger partial charge in [0.1, 0.15) is 10.6 Å². The van der Waals surface area contributed by atoms with Crippen LogP contribution in [0.1, 0.15) is 47.7 Å². The van der Waals surface area contributed by atoms with Crippen molar-refractivity contribution >= 4 is 31.7 Å². The molecule has 1 aliphatic rings. The first-order valence-electron chi connectivity index (χ1n) is 10.6. The number of aromatic carboxylic acids is 1. The standard InChI is InChI=1S/C22H28N2O7S2/c1-4-31-19-9-8-18(14-21(19)33(29,30)24-10-6-5-7-11-24)23-32(27,28)20-13-17(22(25)26)12-15(2)16(20)3/h8-9,12-14,23H,4-7,10-11H2,1-3H3,(H,25,26). The third-order valence-corrected chi connectivity index (χ3v) is 9.01. The third-order valence-electron chi connectivity index (χ3n) is 5.58. The minimum Gasteiger partial charge on any atom is -0.492 e. The minimum absolute atomic E-state index is 0.0341. The van der Waals surface area contributed by atoms with Gasteiger partial charge in [0.05, 0.1) is 22.8 Å². The summed E-state index contributed by atoms with van der Waals surface area (Å²) in [7, 11) is -8.09. The van der Waals surface area contributed by atoms with Crippen LogP contribution in [0.5, 0.6) is 5.75 Å². The Morgan fingerprint density at radius 2 is 1.70 bits per heavy atom. The molecule has 0 bridgehead atoms. The van der Waals surface area contributed by atoms with Crippen LogP contribution < -0.4 is 9.46 Å². The number of aryl methyl sites for hydroxylation is 1. The Balaban J connectivity index is 2.04.